The minimum absolute atomic E-state index is 0. The van der Waals surface area contributed by atoms with Gasteiger partial charge in [0.25, 0.3) is 0 Å². The summed E-state index contributed by atoms with van der Waals surface area (Å²) in [5.74, 6) is -0.384. The van der Waals surface area contributed by atoms with Crippen molar-refractivity contribution in [1.82, 2.24) is 0 Å². The summed E-state index contributed by atoms with van der Waals surface area (Å²) >= 11 is 0. The Morgan fingerprint density at radius 3 is 2.25 bits per heavy atom. The Labute approximate surface area is 116 Å². The molecule has 0 saturated carbocycles. The zero-order valence-corrected chi connectivity index (χ0v) is 11.5. The maximum absolute atomic E-state index is 11.4. The zero-order valence-electron chi connectivity index (χ0n) is 9.52. The van der Waals surface area contributed by atoms with Crippen molar-refractivity contribution in [2.45, 2.75) is 0 Å². The first-order valence-corrected chi connectivity index (χ1v) is 4.28. The number of benzene rings is 1. The van der Waals surface area contributed by atoms with Gasteiger partial charge in [-0.3, -0.25) is 0 Å². The number of methoxy groups -OCH3 is 2. The van der Waals surface area contributed by atoms with Crippen LogP contribution in [-0.4, -0.2) is 20.2 Å². The SMILES string of the molecule is COC(=O)C=C([O-])c1ccc(OC)cc1.[Na+]. The monoisotopic (exact) mass is 230 g/mol. The number of hydrogen-bond acceptors (Lipinski definition) is 4. The second kappa shape index (κ2) is 7.33. The molecule has 1 aromatic carbocycles. The molecule has 0 heterocycles. The van der Waals surface area contributed by atoms with Crippen molar-refractivity contribution in [3.05, 3.63) is 35.9 Å². The second-order valence-electron chi connectivity index (χ2n) is 2.76. The number of ether oxygens (including phenoxy) is 2. The Kier molecular flexibility index (Phi) is 6.88. The van der Waals surface area contributed by atoms with Gasteiger partial charge in [0.15, 0.2) is 0 Å². The Morgan fingerprint density at radius 2 is 1.81 bits per heavy atom. The van der Waals surface area contributed by atoms with Gasteiger partial charge in [-0.2, -0.15) is 0 Å². The number of hydrogen-bond donors (Lipinski definition) is 0. The van der Waals surface area contributed by atoms with Crippen LogP contribution in [0.1, 0.15) is 5.56 Å². The molecule has 0 aliphatic heterocycles. The van der Waals surface area contributed by atoms with Crippen LogP contribution in [0.3, 0.4) is 0 Å². The summed E-state index contributed by atoms with van der Waals surface area (Å²) in [5.41, 5.74) is 0.418. The van der Waals surface area contributed by atoms with Crippen molar-refractivity contribution >= 4 is 11.7 Å². The van der Waals surface area contributed by atoms with Crippen molar-refractivity contribution < 1.29 is 48.9 Å². The average Bonchev–Trinajstić information content (AvgIpc) is 2.29. The standard InChI is InChI=1S/C11H12O4.Na/c1-14-9-5-3-8(4-6-9)10(12)7-11(13)15-2;/h3-7,12H,1-2H3;/q;+1/p-1. The largest absolute Gasteiger partial charge is 1.00 e. The molecule has 1 rings (SSSR count). The van der Waals surface area contributed by atoms with Crippen LogP contribution in [0, 0.1) is 0 Å². The van der Waals surface area contributed by atoms with Crippen LogP contribution < -0.4 is 39.4 Å². The van der Waals surface area contributed by atoms with E-state index in [1.54, 1.807) is 24.3 Å². The number of carbonyl (C=O) groups is 1. The molecular weight excluding hydrogens is 219 g/mol. The van der Waals surface area contributed by atoms with E-state index in [9.17, 15) is 9.90 Å². The second-order valence-corrected chi connectivity index (χ2v) is 2.76. The Balaban J connectivity index is 0.00000225. The van der Waals surface area contributed by atoms with E-state index in [1.807, 2.05) is 0 Å². The van der Waals surface area contributed by atoms with Crippen LogP contribution in [0.25, 0.3) is 5.76 Å². The van der Waals surface area contributed by atoms with E-state index in [0.717, 1.165) is 6.08 Å². The molecule has 16 heavy (non-hydrogen) atoms. The van der Waals surface area contributed by atoms with E-state index in [2.05, 4.69) is 4.74 Å². The van der Waals surface area contributed by atoms with Crippen molar-refractivity contribution in [3.8, 4) is 5.75 Å². The zero-order chi connectivity index (χ0) is 11.3. The molecule has 0 aliphatic carbocycles. The smallest absolute Gasteiger partial charge is 0.872 e. The van der Waals surface area contributed by atoms with Crippen molar-refractivity contribution in [2.75, 3.05) is 14.2 Å². The molecule has 0 atom stereocenters. The third kappa shape index (κ3) is 4.26. The van der Waals surface area contributed by atoms with Gasteiger partial charge in [-0.15, -0.1) is 0 Å². The summed E-state index contributed by atoms with van der Waals surface area (Å²) in [6, 6.07) is 6.47. The molecule has 80 valence electrons. The average molecular weight is 230 g/mol. The summed E-state index contributed by atoms with van der Waals surface area (Å²) in [4.78, 5) is 10.8. The van der Waals surface area contributed by atoms with E-state index in [4.69, 9.17) is 4.74 Å². The predicted octanol–water partition coefficient (Wildman–Crippen LogP) is -2.43. The van der Waals surface area contributed by atoms with Gasteiger partial charge >= 0.3 is 35.5 Å². The molecule has 0 amide bonds. The Hall–Kier alpha value is -0.970. The first kappa shape index (κ1) is 15.0. The molecule has 5 heteroatoms. The summed E-state index contributed by atoms with van der Waals surface area (Å²) < 4.78 is 9.29. The van der Waals surface area contributed by atoms with E-state index in [0.29, 0.717) is 11.3 Å². The third-order valence-electron chi connectivity index (χ3n) is 1.82. The van der Waals surface area contributed by atoms with Crippen LogP contribution in [-0.2, 0) is 9.53 Å². The molecule has 0 aromatic heterocycles. The first-order chi connectivity index (χ1) is 7.17. The summed E-state index contributed by atoms with van der Waals surface area (Å²) in [6.07, 6.45) is 0.905. The van der Waals surface area contributed by atoms with Gasteiger partial charge in [0.1, 0.15) is 5.75 Å². The van der Waals surface area contributed by atoms with Crippen molar-refractivity contribution in [1.29, 1.82) is 0 Å². The van der Waals surface area contributed by atoms with E-state index >= 15 is 0 Å². The molecule has 1 aromatic rings. The van der Waals surface area contributed by atoms with Gasteiger partial charge in [-0.05, 0) is 17.7 Å². The van der Waals surface area contributed by atoms with Gasteiger partial charge in [0, 0.05) is 6.08 Å². The predicted molar refractivity (Wildman–Crippen MR) is 53.0 cm³/mol. The third-order valence-corrected chi connectivity index (χ3v) is 1.82. The fraction of sp³-hybridized carbons (Fsp3) is 0.182. The van der Waals surface area contributed by atoms with Crippen LogP contribution in [0.5, 0.6) is 5.75 Å². The fourth-order valence-electron chi connectivity index (χ4n) is 1.00. The van der Waals surface area contributed by atoms with Crippen LogP contribution in [0.4, 0.5) is 0 Å². The summed E-state index contributed by atoms with van der Waals surface area (Å²) in [7, 11) is 2.76. The van der Waals surface area contributed by atoms with Gasteiger partial charge in [-0.25, -0.2) is 4.79 Å². The molecular formula is C11H11NaO4. The summed E-state index contributed by atoms with van der Waals surface area (Å²) in [6.45, 7) is 0. The van der Waals surface area contributed by atoms with Gasteiger partial charge in [-0.1, -0.05) is 17.9 Å². The van der Waals surface area contributed by atoms with E-state index in [1.165, 1.54) is 14.2 Å². The normalized spacial score (nSPS) is 10.2. The first-order valence-electron chi connectivity index (χ1n) is 4.28. The maximum atomic E-state index is 11.4. The maximum Gasteiger partial charge on any atom is 1.00 e. The molecule has 0 spiro atoms. The molecule has 0 bridgehead atoms. The molecule has 0 saturated heterocycles. The quantitative estimate of drug-likeness (QED) is 0.251. The van der Waals surface area contributed by atoms with Crippen LogP contribution >= 0.6 is 0 Å². The van der Waals surface area contributed by atoms with E-state index < -0.39 is 5.97 Å². The Bertz CT molecular complexity index is 370. The van der Waals surface area contributed by atoms with Crippen molar-refractivity contribution in [3.63, 3.8) is 0 Å². The topological polar surface area (TPSA) is 58.6 Å². The summed E-state index contributed by atoms with van der Waals surface area (Å²) in [5, 5.41) is 11.4. The van der Waals surface area contributed by atoms with Crippen LogP contribution in [0.2, 0.25) is 0 Å². The Morgan fingerprint density at radius 1 is 1.25 bits per heavy atom. The van der Waals surface area contributed by atoms with E-state index in [-0.39, 0.29) is 35.3 Å². The minimum atomic E-state index is -0.657. The fourth-order valence-corrected chi connectivity index (χ4v) is 1.00. The number of rotatable bonds is 3. The molecule has 0 fully saturated rings. The molecule has 4 nitrogen and oxygen atoms in total. The molecule has 0 radical (unpaired) electrons. The van der Waals surface area contributed by atoms with Gasteiger partial charge < -0.3 is 14.6 Å². The van der Waals surface area contributed by atoms with Crippen LogP contribution in [0.15, 0.2) is 30.3 Å². The molecule has 0 unspecified atom stereocenters. The van der Waals surface area contributed by atoms with Crippen molar-refractivity contribution in [2.24, 2.45) is 0 Å². The number of esters is 1. The minimum Gasteiger partial charge on any atom is -0.872 e. The van der Waals surface area contributed by atoms with Gasteiger partial charge in [0.2, 0.25) is 0 Å². The number of carbonyl (C=O) groups excluding carboxylic acids is 1. The molecule has 0 N–H and O–H groups in total. The molecule has 0 aliphatic rings. The van der Waals surface area contributed by atoms with Gasteiger partial charge in [0.05, 0.1) is 14.2 Å².